The molecular weight excluding hydrogens is 1190 g/mol. The maximum Gasteiger partial charge on any atom is 0.218 e. The van der Waals surface area contributed by atoms with Crippen LogP contribution in [0.4, 0.5) is 11.4 Å². The Hall–Kier alpha value is -7.26. The van der Waals surface area contributed by atoms with Crippen molar-refractivity contribution in [3.63, 3.8) is 0 Å². The third kappa shape index (κ3) is 14.6. The van der Waals surface area contributed by atoms with Gasteiger partial charge in [0.25, 0.3) is 0 Å². The van der Waals surface area contributed by atoms with E-state index in [0.717, 1.165) is 112 Å². The van der Waals surface area contributed by atoms with Crippen molar-refractivity contribution in [1.82, 2.24) is 9.13 Å². The number of aromatic nitrogens is 2. The number of aliphatic hydroxyl groups is 1. The highest BCUT2D eigenvalue weighted by molar-refractivity contribution is 6.11. The minimum absolute atomic E-state index is 0.00672. The van der Waals surface area contributed by atoms with Crippen LogP contribution in [-0.4, -0.2) is 66.5 Å². The lowest BCUT2D eigenvalue weighted by Crippen LogP contribution is -2.45. The van der Waals surface area contributed by atoms with Gasteiger partial charge in [-0.15, -0.1) is 0 Å². The standard InChI is InChI=1S/C89H118N4O4/c1-55-40-57(43-64(41-55)90(25)26)72-49-63(88(23,24)54-82(6,7)8)51-78(93-75-36-32-60(85(15,16)17)46-68(75)69-47-61(86(18,19)20)33-37-76(69)93)89(72,95)97-39-29-38-96-80-56(2)42-65(91(27)28)52-71(80)70-48-62(87(21,22)53-81(3,4)5)50-77(79(70)94)92-73-34-30-58(83(9,10)11)44-66(73)67-45-59(84(12,13)14)31-35-74(67)92/h30-37,40-52,78,94-95H,29,38-39,53-54H2,1-28H3. The van der Waals surface area contributed by atoms with E-state index in [2.05, 4.69) is 341 Å². The minimum atomic E-state index is -1.88. The van der Waals surface area contributed by atoms with Crippen molar-refractivity contribution < 1.29 is 19.7 Å². The smallest absolute Gasteiger partial charge is 0.218 e. The quantitative estimate of drug-likeness (QED) is 0.0742. The highest BCUT2D eigenvalue weighted by Crippen LogP contribution is 2.54. The second-order valence-corrected chi connectivity index (χ2v) is 37.1. The molecule has 2 heterocycles. The molecule has 0 radical (unpaired) electrons. The van der Waals surface area contributed by atoms with Gasteiger partial charge in [-0.05, 0) is 211 Å². The molecule has 0 amide bonds. The van der Waals surface area contributed by atoms with E-state index in [-0.39, 0.29) is 62.3 Å². The van der Waals surface area contributed by atoms with Gasteiger partial charge in [-0.25, -0.2) is 0 Å². The monoisotopic (exact) mass is 1310 g/mol. The van der Waals surface area contributed by atoms with E-state index in [0.29, 0.717) is 17.7 Å². The van der Waals surface area contributed by atoms with Crippen LogP contribution in [0.15, 0.2) is 133 Å². The van der Waals surface area contributed by atoms with Crippen LogP contribution in [0.1, 0.15) is 222 Å². The normalized spacial score (nSPS) is 16.4. The number of phenolic OH excluding ortho intramolecular Hbond substituents is 1. The van der Waals surface area contributed by atoms with E-state index >= 15 is 0 Å². The zero-order valence-corrected chi connectivity index (χ0v) is 64.7. The molecular formula is C89H118N4O4. The fraction of sp³-hybridized carbons (Fsp3) is 0.483. The zero-order valence-electron chi connectivity index (χ0n) is 64.7. The zero-order chi connectivity index (χ0) is 71.6. The fourth-order valence-corrected chi connectivity index (χ4v) is 15.7. The van der Waals surface area contributed by atoms with Gasteiger partial charge in [-0.2, -0.15) is 0 Å². The molecule has 0 fully saturated rings. The van der Waals surface area contributed by atoms with Crippen molar-refractivity contribution in [2.75, 3.05) is 51.2 Å². The molecule has 8 heteroatoms. The molecule has 2 unspecified atom stereocenters. The van der Waals surface area contributed by atoms with Crippen LogP contribution < -0.4 is 14.5 Å². The maximum absolute atomic E-state index is 14.6. The Morgan fingerprint density at radius 3 is 1.37 bits per heavy atom. The van der Waals surface area contributed by atoms with Gasteiger partial charge in [-0.3, -0.25) is 0 Å². The predicted octanol–water partition coefficient (Wildman–Crippen LogP) is 23.1. The van der Waals surface area contributed by atoms with Gasteiger partial charge < -0.3 is 38.6 Å². The van der Waals surface area contributed by atoms with E-state index in [1.54, 1.807) is 0 Å². The molecule has 9 aromatic rings. The molecule has 8 nitrogen and oxygen atoms in total. The van der Waals surface area contributed by atoms with Crippen molar-refractivity contribution >= 4 is 60.6 Å². The van der Waals surface area contributed by atoms with Gasteiger partial charge in [0.1, 0.15) is 17.5 Å². The highest BCUT2D eigenvalue weighted by atomic mass is 16.6. The van der Waals surface area contributed by atoms with Gasteiger partial charge in [-0.1, -0.05) is 189 Å². The molecule has 2 aromatic heterocycles. The second-order valence-electron chi connectivity index (χ2n) is 37.1. The van der Waals surface area contributed by atoms with Crippen LogP contribution in [0.3, 0.4) is 0 Å². The first kappa shape index (κ1) is 72.5. The Kier molecular flexibility index (Phi) is 18.8. The Morgan fingerprint density at radius 1 is 0.474 bits per heavy atom. The number of aromatic hydroxyl groups is 1. The van der Waals surface area contributed by atoms with E-state index < -0.39 is 11.8 Å². The SMILES string of the molecule is Cc1cc(C2=CC(C(C)(C)CC(C)(C)C)=CC(n3c4ccc(C(C)(C)C)cc4c4cc(C(C)(C)C)ccc43)C2(O)OCCCOc2c(C)cc(N(C)C)cc2-c2cc(C(C)(C)CC(C)(C)C)cc(-n3c4ccc(C(C)(C)C)cc4c4cc(C(C)(C)C)ccc43)c2O)cc(N(C)C)c1. The number of nitrogens with zero attached hydrogens (tertiary/aromatic N) is 4. The number of benzene rings is 7. The van der Waals surface area contributed by atoms with Crippen LogP contribution in [0.25, 0.3) is 66.0 Å². The molecule has 0 saturated carbocycles. The summed E-state index contributed by atoms with van der Waals surface area (Å²) in [6, 6.07) is 42.4. The molecule has 97 heavy (non-hydrogen) atoms. The Balaban J connectivity index is 1.13. The summed E-state index contributed by atoms with van der Waals surface area (Å²) in [5, 5.41) is 32.7. The van der Waals surface area contributed by atoms with Crippen LogP contribution in [-0.2, 0) is 31.8 Å². The number of ether oxygens (including phenoxy) is 2. The Morgan fingerprint density at radius 2 is 0.918 bits per heavy atom. The van der Waals surface area contributed by atoms with Gasteiger partial charge in [0.2, 0.25) is 5.79 Å². The summed E-state index contributed by atoms with van der Waals surface area (Å²) in [5.41, 5.74) is 18.5. The summed E-state index contributed by atoms with van der Waals surface area (Å²) >= 11 is 0. The van der Waals surface area contributed by atoms with Crippen LogP contribution in [0.2, 0.25) is 0 Å². The summed E-state index contributed by atoms with van der Waals surface area (Å²) in [7, 11) is 8.29. The predicted molar refractivity (Wildman–Crippen MR) is 418 cm³/mol. The molecule has 1 aliphatic rings. The number of hydrogen-bond acceptors (Lipinski definition) is 6. The number of anilines is 2. The van der Waals surface area contributed by atoms with Crippen molar-refractivity contribution in [1.29, 1.82) is 0 Å². The lowest BCUT2D eigenvalue weighted by Gasteiger charge is -2.44. The minimum Gasteiger partial charge on any atom is -0.505 e. The Bertz CT molecular complexity index is 4410. The number of aryl methyl sites for hydroxylation is 2. The Labute approximate surface area is 583 Å². The lowest BCUT2D eigenvalue weighted by atomic mass is 9.68. The van der Waals surface area contributed by atoms with Crippen LogP contribution in [0.5, 0.6) is 11.5 Å². The number of hydrogen-bond donors (Lipinski definition) is 2. The maximum atomic E-state index is 14.6. The van der Waals surface area contributed by atoms with Gasteiger partial charge in [0, 0.05) is 95.3 Å². The average Bonchev–Trinajstić information content (AvgIpc) is 1.67. The molecule has 0 spiro atoms. The van der Waals surface area contributed by atoms with Crippen molar-refractivity contribution in [2.24, 2.45) is 16.2 Å². The fourth-order valence-electron chi connectivity index (χ4n) is 15.7. The van der Waals surface area contributed by atoms with Crippen molar-refractivity contribution in [3.05, 3.63) is 177 Å². The van der Waals surface area contributed by atoms with Crippen molar-refractivity contribution in [3.8, 4) is 28.3 Å². The van der Waals surface area contributed by atoms with Crippen molar-refractivity contribution in [2.45, 2.75) is 224 Å². The van der Waals surface area contributed by atoms with Gasteiger partial charge in [0.15, 0.2) is 0 Å². The highest BCUT2D eigenvalue weighted by Gasteiger charge is 2.48. The van der Waals surface area contributed by atoms with E-state index in [1.807, 2.05) is 0 Å². The third-order valence-electron chi connectivity index (χ3n) is 20.4. The third-order valence-corrected chi connectivity index (χ3v) is 20.4. The summed E-state index contributed by atoms with van der Waals surface area (Å²) in [6.07, 6.45) is 6.85. The molecule has 0 saturated heterocycles. The molecule has 1 aliphatic carbocycles. The molecule has 518 valence electrons. The molecule has 0 bridgehead atoms. The van der Waals surface area contributed by atoms with E-state index in [4.69, 9.17) is 9.47 Å². The number of fused-ring (bicyclic) bond motifs is 6. The van der Waals surface area contributed by atoms with Crippen LogP contribution in [0, 0.1) is 30.1 Å². The van der Waals surface area contributed by atoms with Gasteiger partial charge in [0.05, 0.1) is 29.9 Å². The summed E-state index contributed by atoms with van der Waals surface area (Å²) in [6.45, 7) is 55.4. The average molecular weight is 1310 g/mol. The number of phenols is 1. The van der Waals surface area contributed by atoms with E-state index in [1.165, 1.54) is 22.3 Å². The number of allylic oxidation sites excluding steroid dienone is 2. The number of rotatable bonds is 16. The molecule has 2 atom stereocenters. The first-order valence-electron chi connectivity index (χ1n) is 35.7. The second kappa shape index (κ2) is 25.2. The molecule has 0 aliphatic heterocycles. The molecule has 2 N–H and O–H groups in total. The topological polar surface area (TPSA) is 75.3 Å². The van der Waals surface area contributed by atoms with Gasteiger partial charge >= 0.3 is 0 Å². The summed E-state index contributed by atoms with van der Waals surface area (Å²) < 4.78 is 19.4. The largest absolute Gasteiger partial charge is 0.505 e. The van der Waals surface area contributed by atoms with E-state index in [9.17, 15) is 10.2 Å². The summed E-state index contributed by atoms with van der Waals surface area (Å²) in [4.78, 5) is 4.27. The van der Waals surface area contributed by atoms with Crippen LogP contribution >= 0.6 is 0 Å². The lowest BCUT2D eigenvalue weighted by molar-refractivity contribution is -0.179. The molecule has 10 rings (SSSR count). The first-order valence-corrected chi connectivity index (χ1v) is 35.7. The summed E-state index contributed by atoms with van der Waals surface area (Å²) in [5.74, 6) is -1.00. The molecule has 7 aromatic carbocycles. The first-order chi connectivity index (χ1) is 44.6.